The summed E-state index contributed by atoms with van der Waals surface area (Å²) >= 11 is 0. The highest BCUT2D eigenvalue weighted by Crippen LogP contribution is 2.54. The molecule has 1 aromatic carbocycles. The highest BCUT2D eigenvalue weighted by atomic mass is 19.1. The van der Waals surface area contributed by atoms with E-state index in [4.69, 9.17) is 25.0 Å². The standard InChI is InChI=1S/C33H39FN8O2/c1-19(25-14-21(34)17-41(25)2)43-27-15-26(42-13-12-37-32(18-42)10-11-32)38-31(39-27)29-22-4-3-8-33(30(22)44-40-29)9-7-20-5-6-24(36)23(16-35)28(20)33/h5-6,15,19,21,25,37H,3-4,7-14,17-18,36H2,1-2H3/t19-,21+,25-,33-/m0/s1. The van der Waals surface area contributed by atoms with E-state index in [0.29, 0.717) is 41.6 Å². The van der Waals surface area contributed by atoms with Crippen molar-refractivity contribution in [3.63, 3.8) is 0 Å². The number of aryl methyl sites for hydroxylation is 1. The van der Waals surface area contributed by atoms with Crippen LogP contribution < -0.4 is 20.7 Å². The maximum Gasteiger partial charge on any atom is 0.219 e. The monoisotopic (exact) mass is 598 g/mol. The normalized spacial score (nSPS) is 27.7. The van der Waals surface area contributed by atoms with E-state index in [9.17, 15) is 9.65 Å². The number of ether oxygens (including phenoxy) is 1. The first-order chi connectivity index (χ1) is 21.3. The predicted octanol–water partition coefficient (Wildman–Crippen LogP) is 3.91. The number of fused-ring (bicyclic) bond motifs is 4. The number of nitriles is 1. The Labute approximate surface area is 256 Å². The van der Waals surface area contributed by atoms with Gasteiger partial charge in [0.25, 0.3) is 0 Å². The van der Waals surface area contributed by atoms with E-state index < -0.39 is 11.6 Å². The van der Waals surface area contributed by atoms with Gasteiger partial charge in [-0.2, -0.15) is 10.2 Å². The van der Waals surface area contributed by atoms with Gasteiger partial charge in [-0.15, -0.1) is 0 Å². The Balaban J connectivity index is 1.20. The lowest BCUT2D eigenvalue weighted by Crippen LogP contribution is -2.52. The average Bonchev–Trinajstić information content (AvgIpc) is 3.30. The molecule has 4 atom stereocenters. The number of nitrogens with zero attached hydrogens (tertiary/aromatic N) is 6. The van der Waals surface area contributed by atoms with Crippen LogP contribution >= 0.6 is 0 Å². The summed E-state index contributed by atoms with van der Waals surface area (Å²) in [5, 5.41) is 18.4. The van der Waals surface area contributed by atoms with Crippen LogP contribution in [0.2, 0.25) is 0 Å². The van der Waals surface area contributed by atoms with Crippen molar-refractivity contribution >= 4 is 11.5 Å². The minimum absolute atomic E-state index is 0.0374. The third kappa shape index (κ3) is 4.37. The summed E-state index contributed by atoms with van der Waals surface area (Å²) in [7, 11) is 1.95. The first-order valence-corrected chi connectivity index (χ1v) is 16.0. The smallest absolute Gasteiger partial charge is 0.219 e. The van der Waals surface area contributed by atoms with Gasteiger partial charge in [0.2, 0.25) is 5.88 Å². The van der Waals surface area contributed by atoms with Crippen molar-refractivity contribution in [3.8, 4) is 23.5 Å². The Morgan fingerprint density at radius 3 is 2.86 bits per heavy atom. The number of hydrogen-bond acceptors (Lipinski definition) is 10. The average molecular weight is 599 g/mol. The quantitative estimate of drug-likeness (QED) is 0.417. The molecule has 230 valence electrons. The molecule has 1 saturated carbocycles. The molecule has 3 N–H and O–H groups in total. The number of alkyl halides is 1. The molecular formula is C33H39FN8O2. The maximum atomic E-state index is 14.2. The third-order valence-corrected chi connectivity index (χ3v) is 10.8. The maximum absolute atomic E-state index is 14.2. The fourth-order valence-electron chi connectivity index (χ4n) is 8.42. The van der Waals surface area contributed by atoms with Gasteiger partial charge in [0.05, 0.1) is 11.0 Å². The topological polar surface area (TPSA) is 129 Å². The molecule has 10 nitrogen and oxygen atoms in total. The summed E-state index contributed by atoms with van der Waals surface area (Å²) in [6, 6.07) is 8.16. The SMILES string of the molecule is C[C@H](Oc1cc(N2CCNC3(CC3)C2)nc(-c2noc3c2CCC[C@@]32CCc3ccc(N)c(C#N)c32)n1)[C@@H]1C[C@@H](F)CN1C. The molecule has 11 heteroatoms. The van der Waals surface area contributed by atoms with Crippen LogP contribution in [0.1, 0.15) is 73.5 Å². The molecular weight excluding hydrogens is 559 g/mol. The summed E-state index contributed by atoms with van der Waals surface area (Å²) in [5.74, 6) is 2.56. The Morgan fingerprint density at radius 1 is 1.23 bits per heavy atom. The number of hydrogen-bond donors (Lipinski definition) is 2. The molecule has 44 heavy (non-hydrogen) atoms. The van der Waals surface area contributed by atoms with E-state index in [1.807, 2.05) is 31.0 Å². The number of likely N-dealkylation sites (tertiary alicyclic amines) is 1. The van der Waals surface area contributed by atoms with Crippen LogP contribution in [0, 0.1) is 11.3 Å². The van der Waals surface area contributed by atoms with E-state index in [-0.39, 0.29) is 17.7 Å². The molecule has 5 aliphatic rings. The lowest BCUT2D eigenvalue weighted by Gasteiger charge is -2.35. The fourth-order valence-corrected chi connectivity index (χ4v) is 8.42. The van der Waals surface area contributed by atoms with Crippen LogP contribution in [0.15, 0.2) is 22.7 Å². The number of rotatable bonds is 5. The van der Waals surface area contributed by atoms with E-state index in [0.717, 1.165) is 92.8 Å². The van der Waals surface area contributed by atoms with Gasteiger partial charge < -0.3 is 25.2 Å². The number of nitrogen functional groups attached to an aromatic ring is 1. The second-order valence-corrected chi connectivity index (χ2v) is 13.6. The minimum atomic E-state index is -0.852. The minimum Gasteiger partial charge on any atom is -0.473 e. The Bertz CT molecular complexity index is 1660. The van der Waals surface area contributed by atoms with Crippen molar-refractivity contribution < 1.29 is 13.7 Å². The zero-order valence-corrected chi connectivity index (χ0v) is 25.4. The molecule has 3 aromatic rings. The molecule has 3 fully saturated rings. The highest BCUT2D eigenvalue weighted by molar-refractivity contribution is 5.68. The number of benzene rings is 1. The number of anilines is 2. The third-order valence-electron chi connectivity index (χ3n) is 10.8. The largest absolute Gasteiger partial charge is 0.473 e. The van der Waals surface area contributed by atoms with Crippen LogP contribution in [0.3, 0.4) is 0 Å². The summed E-state index contributed by atoms with van der Waals surface area (Å²) < 4.78 is 26.9. The molecule has 2 aliphatic heterocycles. The van der Waals surface area contributed by atoms with Gasteiger partial charge in [0, 0.05) is 55.1 Å². The number of halogens is 1. The molecule has 2 spiro atoms. The van der Waals surface area contributed by atoms with Crippen molar-refractivity contribution in [2.24, 2.45) is 0 Å². The molecule has 2 saturated heterocycles. The second kappa shape index (κ2) is 10.1. The molecule has 3 aliphatic carbocycles. The molecule has 2 aromatic heterocycles. The summed E-state index contributed by atoms with van der Waals surface area (Å²) in [6.45, 7) is 5.00. The second-order valence-electron chi connectivity index (χ2n) is 13.6. The van der Waals surface area contributed by atoms with Crippen LogP contribution in [0.4, 0.5) is 15.9 Å². The van der Waals surface area contributed by atoms with Crippen molar-refractivity contribution in [3.05, 3.63) is 46.2 Å². The molecule has 0 amide bonds. The van der Waals surface area contributed by atoms with Gasteiger partial charge in [-0.3, -0.25) is 4.90 Å². The summed E-state index contributed by atoms with van der Waals surface area (Å²) in [4.78, 5) is 14.3. The van der Waals surface area contributed by atoms with Gasteiger partial charge in [-0.25, -0.2) is 9.37 Å². The first kappa shape index (κ1) is 27.8. The Morgan fingerprint density at radius 2 is 2.09 bits per heavy atom. The fraction of sp³-hybridized carbons (Fsp3) is 0.576. The number of nitrogens with two attached hydrogens (primary N) is 1. The van der Waals surface area contributed by atoms with Gasteiger partial charge in [-0.05, 0) is 82.5 Å². The van der Waals surface area contributed by atoms with Gasteiger partial charge >= 0.3 is 0 Å². The van der Waals surface area contributed by atoms with Crippen LogP contribution in [-0.2, 0) is 18.3 Å². The lowest BCUT2D eigenvalue weighted by molar-refractivity contribution is 0.117. The summed E-state index contributed by atoms with van der Waals surface area (Å²) in [6.07, 6.45) is 5.97. The van der Waals surface area contributed by atoms with Crippen LogP contribution in [-0.4, -0.2) is 77.1 Å². The zero-order chi connectivity index (χ0) is 30.2. The van der Waals surface area contributed by atoms with Gasteiger partial charge in [0.15, 0.2) is 17.3 Å². The predicted molar refractivity (Wildman–Crippen MR) is 163 cm³/mol. The zero-order valence-electron chi connectivity index (χ0n) is 25.4. The van der Waals surface area contributed by atoms with Crippen molar-refractivity contribution in [1.29, 1.82) is 5.26 Å². The highest BCUT2D eigenvalue weighted by Gasteiger charge is 2.50. The number of aromatic nitrogens is 3. The summed E-state index contributed by atoms with van der Waals surface area (Å²) in [5.41, 5.74) is 10.9. The van der Waals surface area contributed by atoms with Crippen LogP contribution in [0.25, 0.3) is 11.5 Å². The molecule has 0 unspecified atom stereocenters. The van der Waals surface area contributed by atoms with E-state index in [1.165, 1.54) is 0 Å². The molecule has 8 rings (SSSR count). The Hall–Kier alpha value is -3.75. The lowest BCUT2D eigenvalue weighted by atomic mass is 9.68. The van der Waals surface area contributed by atoms with Crippen LogP contribution in [0.5, 0.6) is 5.88 Å². The number of likely N-dealkylation sites (N-methyl/N-ethyl adjacent to an activating group) is 1. The molecule has 0 bridgehead atoms. The van der Waals surface area contributed by atoms with Crippen molar-refractivity contribution in [2.45, 2.75) is 87.6 Å². The van der Waals surface area contributed by atoms with Crippen molar-refractivity contribution in [1.82, 2.24) is 25.3 Å². The molecule has 0 radical (unpaired) electrons. The number of piperazine rings is 1. The van der Waals surface area contributed by atoms with E-state index in [1.54, 1.807) is 0 Å². The van der Waals surface area contributed by atoms with Gasteiger partial charge in [-0.1, -0.05) is 11.2 Å². The van der Waals surface area contributed by atoms with Crippen molar-refractivity contribution in [2.75, 3.05) is 43.9 Å². The number of nitrogens with one attached hydrogen (secondary N) is 1. The Kier molecular flexibility index (Phi) is 6.40. The van der Waals surface area contributed by atoms with E-state index >= 15 is 0 Å². The molecule has 4 heterocycles. The first-order valence-electron chi connectivity index (χ1n) is 16.0. The van der Waals surface area contributed by atoms with E-state index in [2.05, 4.69) is 27.5 Å². The van der Waals surface area contributed by atoms with Gasteiger partial charge in [0.1, 0.15) is 24.2 Å².